The van der Waals surface area contributed by atoms with Gasteiger partial charge in [-0.15, -0.1) is 0 Å². The second kappa shape index (κ2) is 8.06. The molecule has 0 unspecified atom stereocenters. The van der Waals surface area contributed by atoms with E-state index in [9.17, 15) is 35.7 Å². The van der Waals surface area contributed by atoms with Gasteiger partial charge in [-0.25, -0.2) is 0 Å². The van der Waals surface area contributed by atoms with Gasteiger partial charge >= 0.3 is 0 Å². The first-order valence-corrected chi connectivity index (χ1v) is 9.74. The standard InChI is InChI=1S/C21H24O10/c1-8-17(26)18(27)19(28)21(29-8)31-16-7-11-13(24)5-10(22)6-15(11)30-20(16)9-2-3-12(23)14(25)4-9/h2-6,8,16-28H,7H2,1H3/t8-,16-,17-,18-,19-,20+,21+/m0/s1. The van der Waals surface area contributed by atoms with Crippen molar-refractivity contribution < 1.29 is 50.0 Å². The maximum absolute atomic E-state index is 10.3. The maximum Gasteiger partial charge on any atom is 0.187 e. The van der Waals surface area contributed by atoms with Crippen LogP contribution in [0, 0.1) is 0 Å². The van der Waals surface area contributed by atoms with Crippen LogP contribution in [0.2, 0.25) is 0 Å². The van der Waals surface area contributed by atoms with Gasteiger partial charge in [-0.05, 0) is 24.6 Å². The number of phenols is 4. The largest absolute Gasteiger partial charge is 0.508 e. The molecule has 10 heteroatoms. The molecule has 2 aromatic rings. The Kier molecular flexibility index (Phi) is 5.58. The molecule has 2 aliphatic heterocycles. The molecule has 0 saturated carbocycles. The van der Waals surface area contributed by atoms with Crippen LogP contribution < -0.4 is 4.74 Å². The molecule has 168 valence electrons. The summed E-state index contributed by atoms with van der Waals surface area (Å²) < 4.78 is 17.4. The van der Waals surface area contributed by atoms with Gasteiger partial charge in [0.1, 0.15) is 41.7 Å². The van der Waals surface area contributed by atoms with Crippen molar-refractivity contribution in [2.24, 2.45) is 0 Å². The minimum absolute atomic E-state index is 0.0767. The van der Waals surface area contributed by atoms with Crippen LogP contribution in [0.15, 0.2) is 30.3 Å². The normalized spacial score (nSPS) is 32.8. The number of hydrogen-bond acceptors (Lipinski definition) is 10. The van der Waals surface area contributed by atoms with E-state index in [2.05, 4.69) is 0 Å². The highest BCUT2D eigenvalue weighted by Crippen LogP contribution is 2.44. The number of aliphatic hydroxyl groups is 3. The van der Waals surface area contributed by atoms with Crippen LogP contribution >= 0.6 is 0 Å². The van der Waals surface area contributed by atoms with E-state index < -0.39 is 42.9 Å². The molecule has 1 fully saturated rings. The molecule has 4 rings (SSSR count). The fraction of sp³-hybridized carbons (Fsp3) is 0.429. The summed E-state index contributed by atoms with van der Waals surface area (Å²) >= 11 is 0. The molecule has 10 nitrogen and oxygen atoms in total. The lowest BCUT2D eigenvalue weighted by Gasteiger charge is -2.42. The van der Waals surface area contributed by atoms with Gasteiger partial charge in [-0.1, -0.05) is 6.07 Å². The van der Waals surface area contributed by atoms with E-state index >= 15 is 0 Å². The Bertz CT molecular complexity index is 963. The molecule has 1 saturated heterocycles. The zero-order valence-electron chi connectivity index (χ0n) is 16.5. The summed E-state index contributed by atoms with van der Waals surface area (Å²) in [5, 5.41) is 69.9. The third-order valence-electron chi connectivity index (χ3n) is 5.61. The lowest BCUT2D eigenvalue weighted by atomic mass is 9.93. The van der Waals surface area contributed by atoms with Crippen LogP contribution in [-0.2, 0) is 15.9 Å². The van der Waals surface area contributed by atoms with E-state index in [0.717, 1.165) is 6.07 Å². The van der Waals surface area contributed by atoms with Gasteiger partial charge in [-0.2, -0.15) is 0 Å². The molecule has 31 heavy (non-hydrogen) atoms. The van der Waals surface area contributed by atoms with Gasteiger partial charge in [0.25, 0.3) is 0 Å². The van der Waals surface area contributed by atoms with Crippen molar-refractivity contribution in [1.82, 2.24) is 0 Å². The van der Waals surface area contributed by atoms with Crippen molar-refractivity contribution in [3.63, 3.8) is 0 Å². The molecular weight excluding hydrogens is 412 g/mol. The predicted molar refractivity (Wildman–Crippen MR) is 104 cm³/mol. The highest BCUT2D eigenvalue weighted by molar-refractivity contribution is 5.52. The van der Waals surface area contributed by atoms with Crippen LogP contribution in [0.3, 0.4) is 0 Å². The van der Waals surface area contributed by atoms with Crippen LogP contribution in [0.25, 0.3) is 0 Å². The number of rotatable bonds is 3. The second-order valence-electron chi connectivity index (χ2n) is 7.79. The smallest absolute Gasteiger partial charge is 0.187 e. The lowest BCUT2D eigenvalue weighted by molar-refractivity contribution is -0.310. The number of phenolic OH excluding ortho intramolecular Hbond substituents is 4. The second-order valence-corrected chi connectivity index (χ2v) is 7.79. The first kappa shape index (κ1) is 21.5. The third kappa shape index (κ3) is 3.95. The molecule has 7 atom stereocenters. The Morgan fingerprint density at radius 2 is 1.61 bits per heavy atom. The Morgan fingerprint density at radius 3 is 2.32 bits per heavy atom. The van der Waals surface area contributed by atoms with Crippen molar-refractivity contribution in [1.29, 1.82) is 0 Å². The summed E-state index contributed by atoms with van der Waals surface area (Å²) in [6.07, 6.45) is -8.15. The number of aromatic hydroxyl groups is 4. The van der Waals surface area contributed by atoms with Gasteiger partial charge in [0.15, 0.2) is 23.9 Å². The first-order valence-electron chi connectivity index (χ1n) is 9.74. The monoisotopic (exact) mass is 436 g/mol. The zero-order valence-corrected chi connectivity index (χ0v) is 16.5. The average Bonchev–Trinajstić information content (AvgIpc) is 2.72. The SMILES string of the molecule is C[C@@H]1O[C@H](O[C@H]2Cc3c(O)cc(O)cc3O[C@@H]2c2ccc(O)c(O)c2)[C@@H](O)[C@@H](O)[C@H]1O. The van der Waals surface area contributed by atoms with Gasteiger partial charge in [-0.3, -0.25) is 0 Å². The fourth-order valence-electron chi connectivity index (χ4n) is 3.87. The van der Waals surface area contributed by atoms with Crippen molar-refractivity contribution in [2.45, 2.75) is 56.3 Å². The van der Waals surface area contributed by atoms with E-state index in [1.54, 1.807) is 0 Å². The maximum atomic E-state index is 10.3. The van der Waals surface area contributed by atoms with E-state index in [0.29, 0.717) is 11.1 Å². The number of hydrogen-bond donors (Lipinski definition) is 7. The Labute approximate surface area is 177 Å². The predicted octanol–water partition coefficient (Wildman–Crippen LogP) is 0.398. The third-order valence-corrected chi connectivity index (χ3v) is 5.61. The minimum atomic E-state index is -1.55. The number of ether oxygens (including phenoxy) is 3. The summed E-state index contributed by atoms with van der Waals surface area (Å²) in [6.45, 7) is 1.52. The fourth-order valence-corrected chi connectivity index (χ4v) is 3.87. The lowest BCUT2D eigenvalue weighted by Crippen LogP contribution is -2.58. The Balaban J connectivity index is 1.69. The van der Waals surface area contributed by atoms with Crippen molar-refractivity contribution in [3.8, 4) is 28.7 Å². The first-order chi connectivity index (χ1) is 14.7. The topological polar surface area (TPSA) is 169 Å². The quantitative estimate of drug-likeness (QED) is 0.334. The van der Waals surface area contributed by atoms with Gasteiger partial charge in [0.2, 0.25) is 0 Å². The molecule has 0 radical (unpaired) electrons. The molecule has 0 spiro atoms. The van der Waals surface area contributed by atoms with Crippen molar-refractivity contribution >= 4 is 0 Å². The highest BCUT2D eigenvalue weighted by Gasteiger charge is 2.45. The van der Waals surface area contributed by atoms with Crippen molar-refractivity contribution in [2.75, 3.05) is 0 Å². The summed E-state index contributed by atoms with van der Waals surface area (Å²) in [7, 11) is 0. The molecule has 2 aromatic carbocycles. The van der Waals surface area contributed by atoms with E-state index in [4.69, 9.17) is 14.2 Å². The summed E-state index contributed by atoms with van der Waals surface area (Å²) in [4.78, 5) is 0. The molecule has 2 heterocycles. The van der Waals surface area contributed by atoms with Gasteiger partial charge < -0.3 is 50.0 Å². The molecular formula is C21H24O10. The summed E-state index contributed by atoms with van der Waals surface area (Å²) in [6, 6.07) is 6.54. The number of benzene rings is 2. The zero-order chi connectivity index (χ0) is 22.4. The summed E-state index contributed by atoms with van der Waals surface area (Å²) in [5.74, 6) is -0.941. The highest BCUT2D eigenvalue weighted by atomic mass is 16.7. The number of aliphatic hydroxyl groups excluding tert-OH is 3. The van der Waals surface area contributed by atoms with E-state index in [1.807, 2.05) is 0 Å². The van der Waals surface area contributed by atoms with Crippen LogP contribution in [0.4, 0.5) is 0 Å². The van der Waals surface area contributed by atoms with E-state index in [1.165, 1.54) is 31.2 Å². The van der Waals surface area contributed by atoms with E-state index in [-0.39, 0.29) is 35.2 Å². The molecule has 0 amide bonds. The summed E-state index contributed by atoms with van der Waals surface area (Å²) in [5.41, 5.74) is 0.758. The Hall–Kier alpha value is -2.76. The molecule has 2 aliphatic rings. The molecule has 0 aromatic heterocycles. The number of fused-ring (bicyclic) bond motifs is 1. The van der Waals surface area contributed by atoms with Crippen molar-refractivity contribution in [3.05, 3.63) is 41.5 Å². The van der Waals surface area contributed by atoms with Gasteiger partial charge in [0.05, 0.1) is 6.10 Å². The Morgan fingerprint density at radius 1 is 0.871 bits per heavy atom. The molecule has 7 N–H and O–H groups in total. The van der Waals surface area contributed by atoms with Crippen LogP contribution in [0.1, 0.15) is 24.2 Å². The average molecular weight is 436 g/mol. The molecule has 0 bridgehead atoms. The molecule has 0 aliphatic carbocycles. The van der Waals surface area contributed by atoms with Gasteiger partial charge in [0, 0.05) is 24.1 Å². The van der Waals surface area contributed by atoms with Crippen LogP contribution in [0.5, 0.6) is 28.7 Å². The van der Waals surface area contributed by atoms with Crippen LogP contribution in [-0.4, -0.2) is 72.6 Å². The minimum Gasteiger partial charge on any atom is -0.508 e.